The average Bonchev–Trinajstić information content (AvgIpc) is 3.18. The van der Waals surface area contributed by atoms with E-state index in [4.69, 9.17) is 4.74 Å². The van der Waals surface area contributed by atoms with Crippen LogP contribution in [0.4, 0.5) is 0 Å². The standard InChI is InChI=1S/C33H36NOS/c1-19-21-11-9-10-12-22(21)24(17-33(5,6)7)31-27(19)30-29-23(13-14-34(30)8)28-20(16-32(2,3)4)18-36-26(28)15-25(29)35-31/h9-15,18H,16-17H2,1-8H3/q+1. The maximum Gasteiger partial charge on any atom is 0.228 e. The first-order chi connectivity index (χ1) is 16.9. The van der Waals surface area contributed by atoms with E-state index in [0.29, 0.717) is 0 Å². The summed E-state index contributed by atoms with van der Waals surface area (Å²) in [5.74, 6) is 2.03. The van der Waals surface area contributed by atoms with Gasteiger partial charge in [-0.1, -0.05) is 65.8 Å². The minimum atomic E-state index is 0.142. The molecule has 0 saturated heterocycles. The van der Waals surface area contributed by atoms with E-state index in [2.05, 4.69) is 108 Å². The highest BCUT2D eigenvalue weighted by Crippen LogP contribution is 2.53. The van der Waals surface area contributed by atoms with Gasteiger partial charge in [0.2, 0.25) is 5.69 Å². The van der Waals surface area contributed by atoms with Crippen LogP contribution in [-0.4, -0.2) is 0 Å². The van der Waals surface area contributed by atoms with Crippen molar-refractivity contribution in [2.75, 3.05) is 0 Å². The molecule has 0 aliphatic carbocycles. The lowest BCUT2D eigenvalue weighted by molar-refractivity contribution is -0.659. The second-order valence-electron chi connectivity index (χ2n) is 13.0. The number of rotatable bonds is 2. The molecular formula is C33H36NOS+. The van der Waals surface area contributed by atoms with Gasteiger partial charge in [-0.3, -0.25) is 0 Å². The number of aromatic nitrogens is 1. The van der Waals surface area contributed by atoms with Gasteiger partial charge < -0.3 is 4.74 Å². The van der Waals surface area contributed by atoms with Gasteiger partial charge in [0.15, 0.2) is 6.20 Å². The number of pyridine rings is 1. The van der Waals surface area contributed by atoms with Crippen molar-refractivity contribution in [2.24, 2.45) is 17.9 Å². The van der Waals surface area contributed by atoms with Gasteiger partial charge in [0.05, 0.1) is 10.9 Å². The number of hydrogen-bond acceptors (Lipinski definition) is 2. The summed E-state index contributed by atoms with van der Waals surface area (Å²) in [4.78, 5) is 0. The Balaban J connectivity index is 1.75. The molecule has 0 saturated carbocycles. The Morgan fingerprint density at radius 1 is 0.861 bits per heavy atom. The normalized spacial score (nSPS) is 13.4. The summed E-state index contributed by atoms with van der Waals surface area (Å²) in [5, 5.41) is 8.95. The van der Waals surface area contributed by atoms with Crippen LogP contribution in [0.15, 0.2) is 48.0 Å². The highest BCUT2D eigenvalue weighted by Gasteiger charge is 2.34. The summed E-state index contributed by atoms with van der Waals surface area (Å²) in [6.45, 7) is 16.2. The Hall–Kier alpha value is -2.91. The molecule has 1 aliphatic heterocycles. The van der Waals surface area contributed by atoms with Crippen LogP contribution in [0.2, 0.25) is 0 Å². The number of aryl methyl sites for hydroxylation is 2. The van der Waals surface area contributed by atoms with E-state index in [1.807, 2.05) is 11.3 Å². The maximum absolute atomic E-state index is 6.98. The third kappa shape index (κ3) is 3.63. The van der Waals surface area contributed by atoms with Gasteiger partial charge in [0, 0.05) is 27.1 Å². The van der Waals surface area contributed by atoms with Gasteiger partial charge in [-0.05, 0) is 63.9 Å². The summed E-state index contributed by atoms with van der Waals surface area (Å²) < 4.78 is 10.6. The SMILES string of the molecule is Cc1c2c(c(CC(C)(C)C)c3ccccc13)Oc1cc3scc(CC(C)(C)C)c3c3cc[n+](C)c-2c13. The Morgan fingerprint density at radius 2 is 1.56 bits per heavy atom. The molecule has 3 heterocycles. The van der Waals surface area contributed by atoms with E-state index in [1.54, 1.807) is 0 Å². The third-order valence-corrected chi connectivity index (χ3v) is 8.38. The molecule has 0 radical (unpaired) electrons. The van der Waals surface area contributed by atoms with Crippen molar-refractivity contribution >= 4 is 43.0 Å². The molecule has 2 nitrogen and oxygen atoms in total. The van der Waals surface area contributed by atoms with Crippen LogP contribution in [0.3, 0.4) is 0 Å². The number of hydrogen-bond donors (Lipinski definition) is 0. The number of benzene rings is 3. The first-order valence-corrected chi connectivity index (χ1v) is 13.9. The zero-order valence-electron chi connectivity index (χ0n) is 22.8. The van der Waals surface area contributed by atoms with Crippen LogP contribution in [0.5, 0.6) is 11.5 Å². The summed E-state index contributed by atoms with van der Waals surface area (Å²) in [5.41, 5.74) is 6.97. The summed E-state index contributed by atoms with van der Waals surface area (Å²) in [6.07, 6.45) is 4.27. The van der Waals surface area contributed by atoms with Crippen molar-refractivity contribution in [2.45, 2.75) is 61.3 Å². The highest BCUT2D eigenvalue weighted by molar-refractivity contribution is 7.17. The number of ether oxygens (including phenoxy) is 1. The van der Waals surface area contributed by atoms with E-state index >= 15 is 0 Å². The van der Waals surface area contributed by atoms with Gasteiger partial charge >= 0.3 is 0 Å². The van der Waals surface area contributed by atoms with Crippen molar-refractivity contribution in [3.05, 3.63) is 64.7 Å². The summed E-state index contributed by atoms with van der Waals surface area (Å²) >= 11 is 1.85. The fourth-order valence-electron chi connectivity index (χ4n) is 6.07. The third-order valence-electron chi connectivity index (χ3n) is 7.41. The Labute approximate surface area is 218 Å². The monoisotopic (exact) mass is 494 g/mol. The predicted octanol–water partition coefficient (Wildman–Crippen LogP) is 9.29. The van der Waals surface area contributed by atoms with E-state index in [-0.39, 0.29) is 10.8 Å². The number of nitrogens with zero attached hydrogens (tertiary/aromatic N) is 1. The van der Waals surface area contributed by atoms with Gasteiger partial charge in [-0.25, -0.2) is 4.57 Å². The molecule has 0 N–H and O–H groups in total. The lowest BCUT2D eigenvalue weighted by Gasteiger charge is -2.28. The number of thiophene rings is 1. The topological polar surface area (TPSA) is 13.1 Å². The molecule has 0 atom stereocenters. The molecule has 2 aromatic heterocycles. The smallest absolute Gasteiger partial charge is 0.228 e. The lowest BCUT2D eigenvalue weighted by Crippen LogP contribution is -2.32. The molecule has 0 unspecified atom stereocenters. The fourth-order valence-corrected chi connectivity index (χ4v) is 7.07. The average molecular weight is 495 g/mol. The van der Waals surface area contributed by atoms with E-state index in [1.165, 1.54) is 59.6 Å². The van der Waals surface area contributed by atoms with Crippen molar-refractivity contribution < 1.29 is 9.30 Å². The minimum Gasteiger partial charge on any atom is -0.455 e. The van der Waals surface area contributed by atoms with E-state index < -0.39 is 0 Å². The highest BCUT2D eigenvalue weighted by atomic mass is 32.1. The molecule has 3 aromatic carbocycles. The largest absolute Gasteiger partial charge is 0.455 e. The van der Waals surface area contributed by atoms with Crippen LogP contribution < -0.4 is 9.30 Å². The van der Waals surface area contributed by atoms with E-state index in [9.17, 15) is 0 Å². The van der Waals surface area contributed by atoms with Gasteiger partial charge in [-0.2, -0.15) is 0 Å². The zero-order valence-corrected chi connectivity index (χ0v) is 23.6. The molecule has 0 fully saturated rings. The van der Waals surface area contributed by atoms with Gasteiger partial charge in [0.25, 0.3) is 0 Å². The summed E-state index contributed by atoms with van der Waals surface area (Å²) in [6, 6.07) is 13.5. The Morgan fingerprint density at radius 3 is 2.25 bits per heavy atom. The lowest BCUT2D eigenvalue weighted by atomic mass is 9.81. The molecule has 1 aliphatic rings. The molecule has 0 bridgehead atoms. The Kier molecular flexibility index (Phi) is 5.08. The molecule has 36 heavy (non-hydrogen) atoms. The molecule has 184 valence electrons. The van der Waals surface area contributed by atoms with Crippen molar-refractivity contribution in [3.8, 4) is 22.8 Å². The second kappa shape index (κ2) is 7.79. The zero-order chi connectivity index (χ0) is 25.6. The Bertz CT molecular complexity index is 1690. The molecule has 0 amide bonds. The molecule has 0 spiro atoms. The maximum atomic E-state index is 6.98. The molecule has 6 rings (SSSR count). The van der Waals surface area contributed by atoms with Crippen LogP contribution in [0.1, 0.15) is 58.2 Å². The number of fused-ring (bicyclic) bond motifs is 5. The molecule has 5 aromatic rings. The predicted molar refractivity (Wildman–Crippen MR) is 155 cm³/mol. The van der Waals surface area contributed by atoms with Crippen LogP contribution in [0, 0.1) is 17.8 Å². The van der Waals surface area contributed by atoms with E-state index in [0.717, 1.165) is 24.3 Å². The second-order valence-corrected chi connectivity index (χ2v) is 13.9. The first kappa shape index (κ1) is 23.5. The van der Waals surface area contributed by atoms with Crippen molar-refractivity contribution in [1.82, 2.24) is 0 Å². The van der Waals surface area contributed by atoms with Gasteiger partial charge in [0.1, 0.15) is 18.5 Å². The van der Waals surface area contributed by atoms with Crippen LogP contribution >= 0.6 is 11.3 Å². The fraction of sp³-hybridized carbons (Fsp3) is 0.364. The van der Waals surface area contributed by atoms with Crippen molar-refractivity contribution in [3.63, 3.8) is 0 Å². The van der Waals surface area contributed by atoms with Crippen molar-refractivity contribution in [1.29, 1.82) is 0 Å². The minimum absolute atomic E-state index is 0.142. The van der Waals surface area contributed by atoms with Gasteiger partial charge in [-0.15, -0.1) is 11.3 Å². The quantitative estimate of drug-likeness (QED) is 0.219. The summed E-state index contributed by atoms with van der Waals surface area (Å²) in [7, 11) is 2.18. The van der Waals surface area contributed by atoms with Crippen LogP contribution in [-0.2, 0) is 19.9 Å². The first-order valence-electron chi connectivity index (χ1n) is 13.0. The molecular weight excluding hydrogens is 458 g/mol. The van der Waals surface area contributed by atoms with Crippen LogP contribution in [0.25, 0.3) is 42.9 Å². The molecule has 3 heteroatoms.